The number of halogens is 1. The molecule has 2 aromatic rings. The highest BCUT2D eigenvalue weighted by molar-refractivity contribution is 8.15. The lowest BCUT2D eigenvalue weighted by Crippen LogP contribution is -1.83. The molecule has 2 heterocycles. The molecule has 8 heteroatoms. The predicted molar refractivity (Wildman–Crippen MR) is 60.0 cm³/mol. The molecule has 2 aromatic heterocycles. The Morgan fingerprint density at radius 2 is 2.19 bits per heavy atom. The van der Waals surface area contributed by atoms with E-state index in [-0.39, 0.29) is 4.21 Å². The van der Waals surface area contributed by atoms with Crippen LogP contribution < -0.4 is 0 Å². The predicted octanol–water partition coefficient (Wildman–Crippen LogP) is 2.29. The third-order valence-electron chi connectivity index (χ3n) is 1.80. The second-order valence-corrected chi connectivity index (χ2v) is 6.79. The zero-order chi connectivity index (χ0) is 11.8. The molecule has 0 saturated carbocycles. The van der Waals surface area contributed by atoms with E-state index in [0.717, 1.165) is 11.3 Å². The van der Waals surface area contributed by atoms with Gasteiger partial charge in [-0.15, -0.1) is 21.5 Å². The van der Waals surface area contributed by atoms with Gasteiger partial charge in [-0.2, -0.15) is 0 Å². The first-order valence-corrected chi connectivity index (χ1v) is 7.50. The van der Waals surface area contributed by atoms with Gasteiger partial charge >= 0.3 is 0 Å². The number of hydrogen-bond acceptors (Lipinski definition) is 6. The second-order valence-electron chi connectivity index (χ2n) is 2.91. The van der Waals surface area contributed by atoms with Crippen LogP contribution in [0.1, 0.15) is 12.8 Å². The normalized spacial score (nSPS) is 11.9. The molecule has 0 radical (unpaired) electrons. The van der Waals surface area contributed by atoms with Crippen LogP contribution >= 0.6 is 22.0 Å². The van der Waals surface area contributed by atoms with Gasteiger partial charge in [0.15, 0.2) is 0 Å². The van der Waals surface area contributed by atoms with E-state index >= 15 is 0 Å². The van der Waals surface area contributed by atoms with E-state index in [0.29, 0.717) is 23.1 Å². The molecule has 5 nitrogen and oxygen atoms in total. The molecule has 0 fully saturated rings. The summed E-state index contributed by atoms with van der Waals surface area (Å²) in [6, 6.07) is 3.00. The SMILES string of the molecule is CCc1nnc(-c2ccc(S(=O)(=O)Cl)s2)o1. The van der Waals surface area contributed by atoms with Crippen LogP contribution in [0.3, 0.4) is 0 Å². The molecule has 0 atom stereocenters. The Morgan fingerprint density at radius 3 is 2.69 bits per heavy atom. The van der Waals surface area contributed by atoms with Crippen molar-refractivity contribution in [3.8, 4) is 10.8 Å². The Balaban J connectivity index is 2.39. The molecule has 0 unspecified atom stereocenters. The molecule has 2 rings (SSSR count). The number of aryl methyl sites for hydroxylation is 1. The van der Waals surface area contributed by atoms with Crippen molar-refractivity contribution in [2.75, 3.05) is 0 Å². The maximum absolute atomic E-state index is 11.0. The summed E-state index contributed by atoms with van der Waals surface area (Å²) < 4.78 is 27.5. The van der Waals surface area contributed by atoms with Gasteiger partial charge in [0, 0.05) is 17.1 Å². The lowest BCUT2D eigenvalue weighted by molar-refractivity contribution is 0.514. The molecule has 0 N–H and O–H groups in total. The Hall–Kier alpha value is -0.920. The Labute approximate surface area is 100 Å². The number of nitrogens with zero attached hydrogens (tertiary/aromatic N) is 2. The molecule has 0 saturated heterocycles. The number of aromatic nitrogens is 2. The molecule has 0 aliphatic carbocycles. The molecule has 16 heavy (non-hydrogen) atoms. The van der Waals surface area contributed by atoms with Gasteiger partial charge in [0.25, 0.3) is 14.9 Å². The first-order valence-electron chi connectivity index (χ1n) is 4.38. The molecule has 0 spiro atoms. The first-order chi connectivity index (χ1) is 7.50. The van der Waals surface area contributed by atoms with Gasteiger partial charge < -0.3 is 4.42 Å². The van der Waals surface area contributed by atoms with Crippen molar-refractivity contribution in [2.45, 2.75) is 17.6 Å². The summed E-state index contributed by atoms with van der Waals surface area (Å²) in [5.41, 5.74) is 0. The van der Waals surface area contributed by atoms with E-state index in [9.17, 15) is 8.42 Å². The molecule has 0 aromatic carbocycles. The van der Waals surface area contributed by atoms with Crippen LogP contribution in [0.25, 0.3) is 10.8 Å². The molecule has 0 aliphatic heterocycles. The van der Waals surface area contributed by atoms with Crippen LogP contribution in [0.2, 0.25) is 0 Å². The van der Waals surface area contributed by atoms with Crippen molar-refractivity contribution >= 4 is 31.1 Å². The maximum Gasteiger partial charge on any atom is 0.270 e. The number of hydrogen-bond donors (Lipinski definition) is 0. The van der Waals surface area contributed by atoms with Crippen LogP contribution in [0, 0.1) is 0 Å². The van der Waals surface area contributed by atoms with E-state index < -0.39 is 9.05 Å². The van der Waals surface area contributed by atoms with Crippen LogP contribution in [-0.2, 0) is 15.5 Å². The van der Waals surface area contributed by atoms with Gasteiger partial charge in [-0.25, -0.2) is 8.42 Å². The Morgan fingerprint density at radius 1 is 1.44 bits per heavy atom. The monoisotopic (exact) mass is 278 g/mol. The largest absolute Gasteiger partial charge is 0.420 e. The quantitative estimate of drug-likeness (QED) is 0.806. The smallest absolute Gasteiger partial charge is 0.270 e. The summed E-state index contributed by atoms with van der Waals surface area (Å²) in [5.74, 6) is 0.826. The fourth-order valence-electron chi connectivity index (χ4n) is 1.06. The summed E-state index contributed by atoms with van der Waals surface area (Å²) in [7, 11) is 1.52. The molecular formula is C8H7ClN2O3S2. The summed E-state index contributed by atoms with van der Waals surface area (Å²) in [4.78, 5) is 0.589. The van der Waals surface area contributed by atoms with Crippen LogP contribution in [0.4, 0.5) is 0 Å². The number of rotatable bonds is 3. The van der Waals surface area contributed by atoms with E-state index in [1.54, 1.807) is 6.07 Å². The minimum absolute atomic E-state index is 0.0698. The number of thiophene rings is 1. The zero-order valence-corrected chi connectivity index (χ0v) is 10.6. The first kappa shape index (κ1) is 11.6. The second kappa shape index (κ2) is 4.15. The Kier molecular flexibility index (Phi) is 3.00. The standard InChI is InChI=1S/C8H7ClN2O3S2/c1-2-6-10-11-8(14-6)5-3-4-7(15-5)16(9,12)13/h3-4H,2H2,1H3. The molecule has 0 amide bonds. The lowest BCUT2D eigenvalue weighted by atomic mass is 10.5. The van der Waals surface area contributed by atoms with Crippen molar-refractivity contribution in [1.82, 2.24) is 10.2 Å². The van der Waals surface area contributed by atoms with Crippen molar-refractivity contribution in [2.24, 2.45) is 0 Å². The van der Waals surface area contributed by atoms with Crippen LogP contribution in [-0.4, -0.2) is 18.6 Å². The zero-order valence-electron chi connectivity index (χ0n) is 8.18. The van der Waals surface area contributed by atoms with Crippen molar-refractivity contribution in [1.29, 1.82) is 0 Å². The van der Waals surface area contributed by atoms with Gasteiger partial charge in [-0.1, -0.05) is 6.92 Å². The Bertz CT molecular complexity index is 602. The maximum atomic E-state index is 11.0. The summed E-state index contributed by atoms with van der Waals surface area (Å²) >= 11 is 1.00. The van der Waals surface area contributed by atoms with Crippen molar-refractivity contribution in [3.05, 3.63) is 18.0 Å². The summed E-state index contributed by atoms with van der Waals surface area (Å²) in [6.07, 6.45) is 0.638. The van der Waals surface area contributed by atoms with E-state index in [4.69, 9.17) is 15.1 Å². The van der Waals surface area contributed by atoms with Gasteiger partial charge in [0.1, 0.15) is 4.21 Å². The van der Waals surface area contributed by atoms with Gasteiger partial charge in [-0.3, -0.25) is 0 Å². The van der Waals surface area contributed by atoms with Gasteiger partial charge in [-0.05, 0) is 12.1 Å². The summed E-state index contributed by atoms with van der Waals surface area (Å²) in [5, 5.41) is 7.60. The highest BCUT2D eigenvalue weighted by Gasteiger charge is 2.16. The van der Waals surface area contributed by atoms with E-state index in [1.807, 2.05) is 6.92 Å². The molecule has 0 bridgehead atoms. The minimum Gasteiger partial charge on any atom is -0.420 e. The third-order valence-corrected chi connectivity index (χ3v) is 4.97. The molecule has 86 valence electrons. The third kappa shape index (κ3) is 2.26. The van der Waals surface area contributed by atoms with E-state index in [2.05, 4.69) is 10.2 Å². The highest BCUT2D eigenvalue weighted by Crippen LogP contribution is 2.31. The lowest BCUT2D eigenvalue weighted by Gasteiger charge is -1.87. The van der Waals surface area contributed by atoms with E-state index in [1.165, 1.54) is 6.07 Å². The topological polar surface area (TPSA) is 73.1 Å². The van der Waals surface area contributed by atoms with Crippen molar-refractivity contribution in [3.63, 3.8) is 0 Å². The van der Waals surface area contributed by atoms with Gasteiger partial charge in [0.2, 0.25) is 5.89 Å². The molecule has 0 aliphatic rings. The fourth-order valence-corrected chi connectivity index (χ4v) is 3.06. The highest BCUT2D eigenvalue weighted by atomic mass is 35.7. The molecular weight excluding hydrogens is 272 g/mol. The van der Waals surface area contributed by atoms with Crippen LogP contribution in [0.15, 0.2) is 20.8 Å². The van der Waals surface area contributed by atoms with Crippen molar-refractivity contribution < 1.29 is 12.8 Å². The minimum atomic E-state index is -3.69. The summed E-state index contributed by atoms with van der Waals surface area (Å²) in [6.45, 7) is 1.89. The average molecular weight is 279 g/mol. The average Bonchev–Trinajstić information content (AvgIpc) is 2.85. The fraction of sp³-hybridized carbons (Fsp3) is 0.250. The van der Waals surface area contributed by atoms with Crippen LogP contribution in [0.5, 0.6) is 0 Å². The van der Waals surface area contributed by atoms with Gasteiger partial charge in [0.05, 0.1) is 4.88 Å².